The molecule has 1 rings (SSSR count). The molecule has 0 fully saturated rings. The summed E-state index contributed by atoms with van der Waals surface area (Å²) in [5.41, 5.74) is -0.109. The molecular formula is C14H20O3. The van der Waals surface area contributed by atoms with E-state index < -0.39 is 11.6 Å². The molecule has 0 spiro atoms. The SMILES string of the molecule is Cc1cccc(OC(C)(CC(C)C)C(=O)O)c1. The second-order valence-corrected chi connectivity index (χ2v) is 5.05. The number of carboxylic acid groups (broad SMARTS) is 1. The molecule has 0 radical (unpaired) electrons. The van der Waals surface area contributed by atoms with Gasteiger partial charge < -0.3 is 9.84 Å². The second kappa shape index (κ2) is 5.21. The maximum Gasteiger partial charge on any atom is 0.347 e. The van der Waals surface area contributed by atoms with Crippen molar-refractivity contribution in [2.75, 3.05) is 0 Å². The van der Waals surface area contributed by atoms with Gasteiger partial charge in [0.15, 0.2) is 0 Å². The third kappa shape index (κ3) is 3.77. The predicted molar refractivity (Wildman–Crippen MR) is 67.3 cm³/mol. The number of hydrogen-bond acceptors (Lipinski definition) is 2. The molecule has 0 saturated carbocycles. The van der Waals surface area contributed by atoms with E-state index in [1.54, 1.807) is 13.0 Å². The van der Waals surface area contributed by atoms with Crippen LogP contribution in [0.1, 0.15) is 32.8 Å². The van der Waals surface area contributed by atoms with Crippen LogP contribution in [0.3, 0.4) is 0 Å². The van der Waals surface area contributed by atoms with Crippen LogP contribution in [0.2, 0.25) is 0 Å². The Kier molecular flexibility index (Phi) is 4.16. The molecule has 0 aromatic heterocycles. The summed E-state index contributed by atoms with van der Waals surface area (Å²) in [6.07, 6.45) is 0.482. The molecule has 1 atom stereocenters. The summed E-state index contributed by atoms with van der Waals surface area (Å²) in [6.45, 7) is 7.55. The first-order valence-electron chi connectivity index (χ1n) is 5.82. The van der Waals surface area contributed by atoms with Crippen molar-refractivity contribution < 1.29 is 14.6 Å². The molecule has 94 valence electrons. The minimum absolute atomic E-state index is 0.265. The Hall–Kier alpha value is -1.51. The van der Waals surface area contributed by atoms with Gasteiger partial charge in [0.1, 0.15) is 5.75 Å². The molecule has 0 heterocycles. The van der Waals surface area contributed by atoms with Crippen molar-refractivity contribution >= 4 is 5.97 Å². The van der Waals surface area contributed by atoms with Crippen molar-refractivity contribution in [1.82, 2.24) is 0 Å². The van der Waals surface area contributed by atoms with Crippen LogP contribution in [-0.4, -0.2) is 16.7 Å². The molecule has 0 aliphatic carbocycles. The van der Waals surface area contributed by atoms with Crippen LogP contribution in [0.15, 0.2) is 24.3 Å². The zero-order valence-electron chi connectivity index (χ0n) is 10.9. The highest BCUT2D eigenvalue weighted by Crippen LogP contribution is 2.25. The van der Waals surface area contributed by atoms with Gasteiger partial charge >= 0.3 is 5.97 Å². The Balaban J connectivity index is 2.90. The fourth-order valence-corrected chi connectivity index (χ4v) is 1.89. The van der Waals surface area contributed by atoms with E-state index in [9.17, 15) is 9.90 Å². The zero-order chi connectivity index (χ0) is 13.1. The van der Waals surface area contributed by atoms with E-state index in [2.05, 4.69) is 0 Å². The van der Waals surface area contributed by atoms with Gasteiger partial charge in [-0.2, -0.15) is 0 Å². The summed E-state index contributed by atoms with van der Waals surface area (Å²) < 4.78 is 5.66. The molecule has 1 N–H and O–H groups in total. The van der Waals surface area contributed by atoms with Gasteiger partial charge in [-0.05, 0) is 37.5 Å². The average Bonchev–Trinajstić information content (AvgIpc) is 2.15. The van der Waals surface area contributed by atoms with Crippen molar-refractivity contribution in [1.29, 1.82) is 0 Å². The van der Waals surface area contributed by atoms with Crippen molar-refractivity contribution in [2.24, 2.45) is 5.92 Å². The summed E-state index contributed by atoms with van der Waals surface area (Å²) in [4.78, 5) is 11.3. The Labute approximate surface area is 102 Å². The molecule has 0 aliphatic heterocycles. The number of hydrogen-bond donors (Lipinski definition) is 1. The van der Waals surface area contributed by atoms with E-state index in [0.717, 1.165) is 5.56 Å². The fraction of sp³-hybridized carbons (Fsp3) is 0.500. The minimum atomic E-state index is -1.16. The second-order valence-electron chi connectivity index (χ2n) is 5.05. The van der Waals surface area contributed by atoms with Gasteiger partial charge in [0.05, 0.1) is 0 Å². The maximum atomic E-state index is 11.3. The molecule has 1 unspecified atom stereocenters. The molecule has 1 aromatic carbocycles. The van der Waals surface area contributed by atoms with Crippen molar-refractivity contribution in [2.45, 2.75) is 39.7 Å². The quantitative estimate of drug-likeness (QED) is 0.853. The first kappa shape index (κ1) is 13.6. The number of carboxylic acids is 1. The molecule has 17 heavy (non-hydrogen) atoms. The van der Waals surface area contributed by atoms with Crippen molar-refractivity contribution in [3.63, 3.8) is 0 Å². The normalized spacial score (nSPS) is 14.4. The van der Waals surface area contributed by atoms with Crippen LogP contribution in [0.5, 0.6) is 5.75 Å². The molecule has 3 nitrogen and oxygen atoms in total. The van der Waals surface area contributed by atoms with Gasteiger partial charge in [0.2, 0.25) is 5.60 Å². The lowest BCUT2D eigenvalue weighted by Gasteiger charge is -2.28. The van der Waals surface area contributed by atoms with Gasteiger partial charge in [0.25, 0.3) is 0 Å². The van der Waals surface area contributed by atoms with E-state index in [-0.39, 0.29) is 5.92 Å². The van der Waals surface area contributed by atoms with Crippen molar-refractivity contribution in [3.8, 4) is 5.75 Å². The topological polar surface area (TPSA) is 46.5 Å². The Morgan fingerprint density at radius 3 is 2.59 bits per heavy atom. The number of aryl methyl sites for hydroxylation is 1. The average molecular weight is 236 g/mol. The zero-order valence-corrected chi connectivity index (χ0v) is 10.9. The summed E-state index contributed by atoms with van der Waals surface area (Å²) in [5, 5.41) is 9.29. The molecule has 1 aromatic rings. The van der Waals surface area contributed by atoms with Crippen LogP contribution >= 0.6 is 0 Å². The Morgan fingerprint density at radius 1 is 1.47 bits per heavy atom. The van der Waals surface area contributed by atoms with E-state index in [1.807, 2.05) is 39.0 Å². The first-order chi connectivity index (χ1) is 7.83. The van der Waals surface area contributed by atoms with Crippen LogP contribution in [-0.2, 0) is 4.79 Å². The van der Waals surface area contributed by atoms with Crippen LogP contribution < -0.4 is 4.74 Å². The van der Waals surface area contributed by atoms with Gasteiger partial charge in [-0.3, -0.25) is 0 Å². The number of carbonyl (C=O) groups is 1. The highest BCUT2D eigenvalue weighted by Gasteiger charge is 2.36. The highest BCUT2D eigenvalue weighted by molar-refractivity contribution is 5.77. The Bertz CT molecular complexity index is 398. The number of rotatable bonds is 5. The molecule has 0 bridgehead atoms. The fourth-order valence-electron chi connectivity index (χ4n) is 1.89. The summed E-state index contributed by atoms with van der Waals surface area (Å²) >= 11 is 0. The highest BCUT2D eigenvalue weighted by atomic mass is 16.5. The van der Waals surface area contributed by atoms with Crippen molar-refractivity contribution in [3.05, 3.63) is 29.8 Å². The van der Waals surface area contributed by atoms with E-state index in [4.69, 9.17) is 4.74 Å². The smallest absolute Gasteiger partial charge is 0.347 e. The summed E-state index contributed by atoms with van der Waals surface area (Å²) in [7, 11) is 0. The Morgan fingerprint density at radius 2 is 2.12 bits per heavy atom. The largest absolute Gasteiger partial charge is 0.478 e. The number of aliphatic carboxylic acids is 1. The van der Waals surface area contributed by atoms with E-state index in [0.29, 0.717) is 12.2 Å². The molecule has 0 saturated heterocycles. The lowest BCUT2D eigenvalue weighted by atomic mass is 9.94. The standard InChI is InChI=1S/C14H20O3/c1-10(2)9-14(4,13(15)16)17-12-7-5-6-11(3)8-12/h5-8,10H,9H2,1-4H3,(H,15,16). The van der Waals surface area contributed by atoms with E-state index in [1.165, 1.54) is 0 Å². The van der Waals surface area contributed by atoms with E-state index >= 15 is 0 Å². The van der Waals surface area contributed by atoms with Crippen LogP contribution in [0.4, 0.5) is 0 Å². The molecule has 0 aliphatic rings. The lowest BCUT2D eigenvalue weighted by molar-refractivity contribution is -0.155. The molecule has 0 amide bonds. The molecule has 3 heteroatoms. The minimum Gasteiger partial charge on any atom is -0.478 e. The molecular weight excluding hydrogens is 216 g/mol. The van der Waals surface area contributed by atoms with Gasteiger partial charge in [-0.15, -0.1) is 0 Å². The monoisotopic (exact) mass is 236 g/mol. The lowest BCUT2D eigenvalue weighted by Crippen LogP contribution is -2.42. The van der Waals surface area contributed by atoms with Crippen LogP contribution in [0, 0.1) is 12.8 Å². The third-order valence-corrected chi connectivity index (χ3v) is 2.58. The summed E-state index contributed by atoms with van der Waals surface area (Å²) in [5.74, 6) is -0.0517. The summed E-state index contributed by atoms with van der Waals surface area (Å²) in [6, 6.07) is 7.45. The number of ether oxygens (including phenoxy) is 1. The van der Waals surface area contributed by atoms with Crippen LogP contribution in [0.25, 0.3) is 0 Å². The number of benzene rings is 1. The predicted octanol–water partition coefficient (Wildman–Crippen LogP) is 3.26. The first-order valence-corrected chi connectivity index (χ1v) is 5.82. The van der Waals surface area contributed by atoms with Gasteiger partial charge in [0, 0.05) is 6.42 Å². The van der Waals surface area contributed by atoms with Gasteiger partial charge in [-0.1, -0.05) is 26.0 Å². The van der Waals surface area contributed by atoms with Gasteiger partial charge in [-0.25, -0.2) is 4.79 Å². The third-order valence-electron chi connectivity index (χ3n) is 2.58. The maximum absolute atomic E-state index is 11.3.